The maximum atomic E-state index is 14.5. The van der Waals surface area contributed by atoms with Gasteiger partial charge in [-0.25, -0.2) is 19.2 Å². The number of hydrogen-bond acceptors (Lipinski definition) is 6. The van der Waals surface area contributed by atoms with Gasteiger partial charge in [-0.2, -0.15) is 4.68 Å². The minimum atomic E-state index is -1.41. The second kappa shape index (κ2) is 6.87. The first-order valence-electron chi connectivity index (χ1n) is 8.56. The Morgan fingerprint density at radius 3 is 2.61 bits per heavy atom. The second-order valence-electron chi connectivity index (χ2n) is 6.53. The van der Waals surface area contributed by atoms with Crippen LogP contribution in [0.1, 0.15) is 23.2 Å². The van der Waals surface area contributed by atoms with E-state index in [1.54, 1.807) is 35.9 Å². The standard InChI is InChI=1S/C18H17FN6O3/c1-11-3-5-12(6-4-11)13(19)7-25-18(27)28-14(22-25)8-24-10-21-16-15(17(24)26)23(2)9-20-16/h3-6,9-10,13H,7-8H2,1-2H3/t13-/m0/s1. The molecule has 0 amide bonds. The van der Waals surface area contributed by atoms with Gasteiger partial charge in [0.25, 0.3) is 5.56 Å². The van der Waals surface area contributed by atoms with Gasteiger partial charge in [-0.15, -0.1) is 5.10 Å². The van der Waals surface area contributed by atoms with Gasteiger partial charge >= 0.3 is 5.76 Å². The normalized spacial score (nSPS) is 12.5. The first kappa shape index (κ1) is 17.8. The number of aromatic nitrogens is 6. The fourth-order valence-corrected chi connectivity index (χ4v) is 2.89. The molecule has 0 saturated heterocycles. The second-order valence-corrected chi connectivity index (χ2v) is 6.53. The van der Waals surface area contributed by atoms with Gasteiger partial charge in [0.1, 0.15) is 19.0 Å². The van der Waals surface area contributed by atoms with Crippen LogP contribution in [0.3, 0.4) is 0 Å². The largest absolute Gasteiger partial charge is 0.437 e. The van der Waals surface area contributed by atoms with Crippen molar-refractivity contribution in [2.75, 3.05) is 0 Å². The summed E-state index contributed by atoms with van der Waals surface area (Å²) in [7, 11) is 1.68. The van der Waals surface area contributed by atoms with E-state index in [2.05, 4.69) is 15.1 Å². The van der Waals surface area contributed by atoms with Gasteiger partial charge in [0.05, 0.1) is 12.9 Å². The monoisotopic (exact) mass is 384 g/mol. The van der Waals surface area contributed by atoms with Crippen molar-refractivity contribution in [3.05, 3.63) is 74.8 Å². The highest BCUT2D eigenvalue weighted by molar-refractivity contribution is 5.68. The lowest BCUT2D eigenvalue weighted by atomic mass is 10.1. The molecule has 0 spiro atoms. The Kier molecular flexibility index (Phi) is 4.38. The topological polar surface area (TPSA) is 101 Å². The predicted octanol–water partition coefficient (Wildman–Crippen LogP) is 1.35. The Hall–Kier alpha value is -3.56. The number of fused-ring (bicyclic) bond motifs is 1. The van der Waals surface area contributed by atoms with Crippen LogP contribution in [0, 0.1) is 6.92 Å². The van der Waals surface area contributed by atoms with E-state index in [0.29, 0.717) is 16.7 Å². The summed E-state index contributed by atoms with van der Waals surface area (Å²) >= 11 is 0. The number of halogens is 1. The van der Waals surface area contributed by atoms with Gasteiger partial charge in [0.2, 0.25) is 5.89 Å². The molecule has 3 heterocycles. The van der Waals surface area contributed by atoms with Crippen LogP contribution >= 0.6 is 0 Å². The van der Waals surface area contributed by atoms with Crippen molar-refractivity contribution in [2.45, 2.75) is 26.2 Å². The van der Waals surface area contributed by atoms with Crippen molar-refractivity contribution in [2.24, 2.45) is 7.05 Å². The highest BCUT2D eigenvalue weighted by Gasteiger charge is 2.17. The van der Waals surface area contributed by atoms with E-state index < -0.39 is 11.9 Å². The Bertz CT molecular complexity index is 1250. The van der Waals surface area contributed by atoms with E-state index in [4.69, 9.17) is 4.42 Å². The van der Waals surface area contributed by atoms with Crippen molar-refractivity contribution < 1.29 is 8.81 Å². The lowest BCUT2D eigenvalue weighted by Crippen LogP contribution is -2.23. The van der Waals surface area contributed by atoms with E-state index >= 15 is 0 Å². The predicted molar refractivity (Wildman–Crippen MR) is 97.7 cm³/mol. The van der Waals surface area contributed by atoms with Gasteiger partial charge in [-0.05, 0) is 12.5 Å². The summed E-state index contributed by atoms with van der Waals surface area (Å²) in [6.07, 6.45) is 1.39. The third kappa shape index (κ3) is 3.24. The van der Waals surface area contributed by atoms with Gasteiger partial charge in [0, 0.05) is 7.05 Å². The Balaban J connectivity index is 1.57. The zero-order chi connectivity index (χ0) is 19.8. The minimum Gasteiger partial charge on any atom is -0.390 e. The maximum absolute atomic E-state index is 14.5. The fourth-order valence-electron chi connectivity index (χ4n) is 2.89. The zero-order valence-electron chi connectivity index (χ0n) is 15.2. The van der Waals surface area contributed by atoms with Gasteiger partial charge in [-0.3, -0.25) is 9.36 Å². The van der Waals surface area contributed by atoms with Crippen LogP contribution in [0.4, 0.5) is 4.39 Å². The van der Waals surface area contributed by atoms with Crippen LogP contribution in [-0.2, 0) is 20.1 Å². The number of aryl methyl sites for hydroxylation is 2. The summed E-state index contributed by atoms with van der Waals surface area (Å²) in [6.45, 7) is 1.53. The molecule has 0 aliphatic rings. The van der Waals surface area contributed by atoms with Crippen molar-refractivity contribution in [1.29, 1.82) is 0 Å². The first-order chi connectivity index (χ1) is 13.4. The molecular formula is C18H17FN6O3. The average Bonchev–Trinajstić information content (AvgIpc) is 3.21. The Morgan fingerprint density at radius 1 is 1.14 bits per heavy atom. The van der Waals surface area contributed by atoms with E-state index in [-0.39, 0.29) is 24.5 Å². The Labute approximate surface area is 157 Å². The number of imidazole rings is 1. The molecule has 1 aromatic carbocycles. The molecule has 0 unspecified atom stereocenters. The molecule has 0 radical (unpaired) electrons. The third-order valence-corrected chi connectivity index (χ3v) is 4.43. The van der Waals surface area contributed by atoms with Gasteiger partial charge in [0.15, 0.2) is 11.2 Å². The molecule has 28 heavy (non-hydrogen) atoms. The molecule has 10 heteroatoms. The molecule has 0 N–H and O–H groups in total. The maximum Gasteiger partial charge on any atom is 0.437 e. The minimum absolute atomic E-state index is 0.00785. The number of benzene rings is 1. The quantitative estimate of drug-likeness (QED) is 0.515. The number of hydrogen-bond donors (Lipinski definition) is 0. The van der Waals surface area contributed by atoms with Gasteiger partial charge < -0.3 is 8.98 Å². The summed E-state index contributed by atoms with van der Waals surface area (Å²) in [4.78, 5) is 32.7. The van der Waals surface area contributed by atoms with Crippen molar-refractivity contribution in [3.8, 4) is 0 Å². The molecule has 1 atom stereocenters. The van der Waals surface area contributed by atoms with Crippen LogP contribution in [0.2, 0.25) is 0 Å². The fraction of sp³-hybridized carbons (Fsp3) is 0.278. The lowest BCUT2D eigenvalue weighted by Gasteiger charge is -2.07. The van der Waals surface area contributed by atoms with Crippen LogP contribution in [0.5, 0.6) is 0 Å². The van der Waals surface area contributed by atoms with Crippen molar-refractivity contribution in [1.82, 2.24) is 28.9 Å². The average molecular weight is 384 g/mol. The smallest absolute Gasteiger partial charge is 0.390 e. The molecule has 9 nitrogen and oxygen atoms in total. The molecule has 4 aromatic rings. The van der Waals surface area contributed by atoms with Gasteiger partial charge in [-0.1, -0.05) is 29.8 Å². The van der Waals surface area contributed by atoms with Crippen LogP contribution < -0.4 is 11.3 Å². The number of nitrogens with zero attached hydrogens (tertiary/aromatic N) is 6. The van der Waals surface area contributed by atoms with E-state index in [1.165, 1.54) is 17.2 Å². The molecule has 0 bridgehead atoms. The summed E-state index contributed by atoms with van der Waals surface area (Å²) in [6, 6.07) is 6.93. The van der Waals surface area contributed by atoms with Crippen LogP contribution in [0.25, 0.3) is 11.2 Å². The molecule has 3 aromatic heterocycles. The van der Waals surface area contributed by atoms with Crippen LogP contribution in [-0.4, -0.2) is 28.9 Å². The SMILES string of the molecule is Cc1ccc([C@@H](F)Cn2nc(Cn3cnc4ncn(C)c4c3=O)oc2=O)cc1. The first-order valence-corrected chi connectivity index (χ1v) is 8.56. The molecule has 0 aliphatic heterocycles. The van der Waals surface area contributed by atoms with Crippen LogP contribution in [0.15, 0.2) is 50.9 Å². The zero-order valence-corrected chi connectivity index (χ0v) is 15.2. The Morgan fingerprint density at radius 2 is 1.86 bits per heavy atom. The van der Waals surface area contributed by atoms with E-state index in [9.17, 15) is 14.0 Å². The number of rotatable bonds is 5. The lowest BCUT2D eigenvalue weighted by molar-refractivity contribution is 0.283. The molecule has 0 saturated carbocycles. The third-order valence-electron chi connectivity index (χ3n) is 4.43. The highest BCUT2D eigenvalue weighted by Crippen LogP contribution is 2.19. The molecule has 4 rings (SSSR count). The summed E-state index contributed by atoms with van der Waals surface area (Å²) in [5.41, 5.74) is 1.78. The van der Waals surface area contributed by atoms with Crippen molar-refractivity contribution in [3.63, 3.8) is 0 Å². The van der Waals surface area contributed by atoms with Crippen molar-refractivity contribution >= 4 is 11.2 Å². The summed E-state index contributed by atoms with van der Waals surface area (Å²) in [5.74, 6) is -0.793. The molecule has 144 valence electrons. The molecule has 0 fully saturated rings. The number of alkyl halides is 1. The molecular weight excluding hydrogens is 367 g/mol. The highest BCUT2D eigenvalue weighted by atomic mass is 19.1. The molecule has 0 aliphatic carbocycles. The summed E-state index contributed by atoms with van der Waals surface area (Å²) < 4.78 is 23.3. The van der Waals surface area contributed by atoms with E-state index in [1.807, 2.05) is 6.92 Å². The summed E-state index contributed by atoms with van der Waals surface area (Å²) in [5, 5.41) is 4.01. The van der Waals surface area contributed by atoms with E-state index in [0.717, 1.165) is 10.2 Å².